The summed E-state index contributed by atoms with van der Waals surface area (Å²) in [5.74, 6) is -2.36. The Morgan fingerprint density at radius 1 is 0.938 bits per heavy atom. The molecule has 0 radical (unpaired) electrons. The summed E-state index contributed by atoms with van der Waals surface area (Å²) in [5, 5.41) is 12.8. The van der Waals surface area contributed by atoms with Crippen LogP contribution in [-0.2, 0) is 19.1 Å². The second-order valence-electron chi connectivity index (χ2n) is 13.9. The summed E-state index contributed by atoms with van der Waals surface area (Å²) in [4.78, 5) is 50.0. The zero-order valence-corrected chi connectivity index (χ0v) is 28.3. The first kappa shape index (κ1) is 33.6. The number of rotatable bonds is 13. The first-order chi connectivity index (χ1) is 23.2. The lowest BCUT2D eigenvalue weighted by Crippen LogP contribution is -2.59. The van der Waals surface area contributed by atoms with Crippen LogP contribution in [0.3, 0.4) is 0 Å². The summed E-state index contributed by atoms with van der Waals surface area (Å²) < 4.78 is 7.10. The van der Waals surface area contributed by atoms with Crippen molar-refractivity contribution in [3.63, 3.8) is 0 Å². The molecule has 1 spiro atoms. The lowest BCUT2D eigenvalue weighted by Gasteiger charge is -2.40. The van der Waals surface area contributed by atoms with E-state index in [9.17, 15) is 9.90 Å². The molecule has 2 unspecified atom stereocenters. The predicted molar refractivity (Wildman–Crippen MR) is 190 cm³/mol. The van der Waals surface area contributed by atoms with E-state index in [2.05, 4.69) is 13.2 Å². The number of carbonyl (C=O) groups excluding carboxylic acids is 3. The molecule has 8 nitrogen and oxygen atoms in total. The number of anilines is 2. The van der Waals surface area contributed by atoms with Crippen molar-refractivity contribution < 1.29 is 24.2 Å². The zero-order valence-electron chi connectivity index (χ0n) is 28.3. The third-order valence-corrected chi connectivity index (χ3v) is 10.7. The van der Waals surface area contributed by atoms with E-state index >= 15 is 9.59 Å². The molecule has 3 saturated heterocycles. The van der Waals surface area contributed by atoms with Gasteiger partial charge in [-0.3, -0.25) is 14.4 Å². The van der Waals surface area contributed by atoms with Gasteiger partial charge in [0.2, 0.25) is 11.8 Å². The molecule has 6 atom stereocenters. The van der Waals surface area contributed by atoms with Gasteiger partial charge in [0.15, 0.2) is 0 Å². The Hall–Kier alpha value is -4.27. The maximum absolute atomic E-state index is 15.2. The molecule has 2 bridgehead atoms. The smallest absolute Gasteiger partial charge is 0.253 e. The Morgan fingerprint density at radius 2 is 1.58 bits per heavy atom. The molecule has 3 aliphatic rings. The van der Waals surface area contributed by atoms with E-state index < -0.39 is 35.1 Å². The van der Waals surface area contributed by atoms with E-state index in [1.807, 2.05) is 93.6 Å². The van der Waals surface area contributed by atoms with Crippen LogP contribution in [0.5, 0.6) is 0 Å². The number of hydrogen-bond donors (Lipinski definition) is 1. The fraction of sp³-hybridized carbons (Fsp3) is 0.425. The fourth-order valence-electron chi connectivity index (χ4n) is 8.70. The van der Waals surface area contributed by atoms with Crippen molar-refractivity contribution in [3.05, 3.63) is 98.1 Å². The number of carbonyl (C=O) groups is 3. The van der Waals surface area contributed by atoms with E-state index in [1.165, 1.54) is 0 Å². The number of hydrogen-bond acceptors (Lipinski definition) is 5. The van der Waals surface area contributed by atoms with Crippen molar-refractivity contribution in [1.29, 1.82) is 0 Å². The van der Waals surface area contributed by atoms with Crippen molar-refractivity contribution in [2.75, 3.05) is 29.5 Å². The van der Waals surface area contributed by atoms with Crippen LogP contribution in [0.15, 0.2) is 98.1 Å². The molecule has 3 aliphatic heterocycles. The second-order valence-corrected chi connectivity index (χ2v) is 13.9. The van der Waals surface area contributed by atoms with Gasteiger partial charge in [-0.25, -0.2) is 0 Å². The first-order valence-corrected chi connectivity index (χ1v) is 17.2. The molecule has 8 heteroatoms. The first-order valence-electron chi connectivity index (χ1n) is 17.2. The number of ether oxygens (including phenoxy) is 1. The Morgan fingerprint density at radius 3 is 2.21 bits per heavy atom. The van der Waals surface area contributed by atoms with Crippen LogP contribution in [0.25, 0.3) is 10.8 Å². The third-order valence-electron chi connectivity index (χ3n) is 10.7. The maximum atomic E-state index is 15.2. The van der Waals surface area contributed by atoms with Gasteiger partial charge >= 0.3 is 0 Å². The minimum Gasteiger partial charge on any atom is -0.394 e. The summed E-state index contributed by atoms with van der Waals surface area (Å²) >= 11 is 0. The molecule has 6 rings (SSSR count). The van der Waals surface area contributed by atoms with E-state index in [-0.39, 0.29) is 43.3 Å². The topological polar surface area (TPSA) is 90.4 Å². The number of nitrogens with zero attached hydrogens (tertiary/aromatic N) is 3. The van der Waals surface area contributed by atoms with Crippen molar-refractivity contribution in [3.8, 4) is 0 Å². The number of aliphatic hydroxyl groups excluding tert-OH is 1. The van der Waals surface area contributed by atoms with Crippen molar-refractivity contribution >= 4 is 39.9 Å². The van der Waals surface area contributed by atoms with Crippen molar-refractivity contribution in [2.24, 2.45) is 17.8 Å². The van der Waals surface area contributed by atoms with Crippen LogP contribution in [0.1, 0.15) is 46.5 Å². The number of aliphatic hydroxyl groups is 1. The molecule has 3 fully saturated rings. The summed E-state index contributed by atoms with van der Waals surface area (Å²) in [6, 6.07) is 21.6. The fourth-order valence-corrected chi connectivity index (χ4v) is 8.70. The zero-order chi connectivity index (χ0) is 34.2. The van der Waals surface area contributed by atoms with Gasteiger partial charge in [0.25, 0.3) is 5.91 Å². The number of benzene rings is 3. The van der Waals surface area contributed by atoms with E-state index in [1.54, 1.807) is 26.9 Å². The van der Waals surface area contributed by atoms with Crippen LogP contribution < -0.4 is 9.80 Å². The molecule has 252 valence electrons. The lowest BCUT2D eigenvalue weighted by molar-refractivity contribution is -0.149. The minimum absolute atomic E-state index is 0.145. The average Bonchev–Trinajstić information content (AvgIpc) is 3.71. The van der Waals surface area contributed by atoms with Gasteiger partial charge in [0.05, 0.1) is 30.1 Å². The Balaban J connectivity index is 1.49. The number of fused-ring (bicyclic) bond motifs is 2. The molecule has 0 saturated carbocycles. The van der Waals surface area contributed by atoms with Crippen molar-refractivity contribution in [1.82, 2.24) is 4.90 Å². The van der Waals surface area contributed by atoms with Gasteiger partial charge in [-0.2, -0.15) is 0 Å². The highest BCUT2D eigenvalue weighted by molar-refractivity contribution is 6.07. The highest BCUT2D eigenvalue weighted by Gasteiger charge is 2.79. The molecule has 3 aromatic rings. The van der Waals surface area contributed by atoms with Crippen LogP contribution in [0.4, 0.5) is 11.4 Å². The van der Waals surface area contributed by atoms with Gasteiger partial charge in [-0.1, -0.05) is 81.5 Å². The summed E-state index contributed by atoms with van der Waals surface area (Å²) in [6.07, 6.45) is 5.38. The normalized spacial score (nSPS) is 26.5. The molecule has 3 amide bonds. The van der Waals surface area contributed by atoms with E-state index in [4.69, 9.17) is 4.74 Å². The molecule has 3 aromatic carbocycles. The van der Waals surface area contributed by atoms with Crippen LogP contribution in [0.2, 0.25) is 0 Å². The average molecular weight is 650 g/mol. The SMILES string of the molecule is C=CCN(C(=O)C1N([C@@H](CO)CC(C)C)C(=O)[C@@H]2[C@H](C(=O)N(CC=C)c3ccccc3)[C@]3(CC)CCC12O3)c1ccc2ccccc2c1. The summed E-state index contributed by atoms with van der Waals surface area (Å²) in [6.45, 7) is 14.1. The Kier molecular flexibility index (Phi) is 9.33. The summed E-state index contributed by atoms with van der Waals surface area (Å²) in [5.41, 5.74) is -0.750. The largest absolute Gasteiger partial charge is 0.394 e. The Labute approximate surface area is 283 Å². The molecule has 48 heavy (non-hydrogen) atoms. The van der Waals surface area contributed by atoms with E-state index in [0.717, 1.165) is 10.8 Å². The maximum Gasteiger partial charge on any atom is 0.253 e. The monoisotopic (exact) mass is 649 g/mol. The molecular formula is C40H47N3O5. The van der Waals surface area contributed by atoms with Gasteiger partial charge < -0.3 is 24.5 Å². The van der Waals surface area contributed by atoms with Crippen LogP contribution in [-0.4, -0.2) is 70.7 Å². The standard InChI is InChI=1S/C40H47N3O5/c1-6-22-41(30-16-10-9-11-17-30)36(45)33-34-37(46)43(32(26-44)24-27(4)5)35(40(34)21-20-39(33,8-3)48-40)38(47)42(23-7-2)31-19-18-28-14-12-13-15-29(28)25-31/h6-7,9-19,25,27,32-35,44H,1-2,8,20-24,26H2,3-5H3/t32-,33-,34+,35?,39+,40?/m1/s1. The van der Waals surface area contributed by atoms with Crippen molar-refractivity contribution in [2.45, 2.75) is 69.7 Å². The Bertz CT molecular complexity index is 1710. The van der Waals surface area contributed by atoms with Gasteiger partial charge in [0.1, 0.15) is 11.6 Å². The molecule has 1 N–H and O–H groups in total. The van der Waals surface area contributed by atoms with Crippen LogP contribution in [0, 0.1) is 17.8 Å². The van der Waals surface area contributed by atoms with Gasteiger partial charge in [-0.05, 0) is 66.6 Å². The summed E-state index contributed by atoms with van der Waals surface area (Å²) in [7, 11) is 0. The molecule has 0 aromatic heterocycles. The van der Waals surface area contributed by atoms with Gasteiger partial charge in [0, 0.05) is 24.5 Å². The second kappa shape index (κ2) is 13.3. The lowest BCUT2D eigenvalue weighted by atomic mass is 9.64. The quantitative estimate of drug-likeness (QED) is 0.225. The van der Waals surface area contributed by atoms with Gasteiger partial charge in [-0.15, -0.1) is 13.2 Å². The molecule has 3 heterocycles. The highest BCUT2D eigenvalue weighted by Crippen LogP contribution is 2.65. The predicted octanol–water partition coefficient (Wildman–Crippen LogP) is 6.14. The number of para-hydroxylation sites is 1. The minimum atomic E-state index is -1.23. The van der Waals surface area contributed by atoms with E-state index in [0.29, 0.717) is 37.1 Å². The molecular weight excluding hydrogens is 602 g/mol. The highest BCUT2D eigenvalue weighted by atomic mass is 16.5. The number of amides is 3. The molecule has 0 aliphatic carbocycles. The third kappa shape index (κ3) is 5.35. The van der Waals surface area contributed by atoms with Crippen LogP contribution >= 0.6 is 0 Å². The number of likely N-dealkylation sites (tertiary alicyclic amines) is 1.